The van der Waals surface area contributed by atoms with Crippen LogP contribution < -0.4 is 0 Å². The van der Waals surface area contributed by atoms with E-state index < -0.39 is 15.8 Å². The Hall–Kier alpha value is -2.15. The van der Waals surface area contributed by atoms with Crippen molar-refractivity contribution in [2.45, 2.75) is 25.3 Å². The van der Waals surface area contributed by atoms with E-state index in [0.29, 0.717) is 5.56 Å². The average molecular weight is 322 g/mol. The minimum absolute atomic E-state index is 0.0833. The first-order valence-electron chi connectivity index (χ1n) is 6.91. The fourth-order valence-electron chi connectivity index (χ4n) is 1.88. The Kier molecular flexibility index (Phi) is 4.97. The van der Waals surface area contributed by atoms with Crippen molar-refractivity contribution in [1.82, 2.24) is 9.78 Å². The molecule has 0 aliphatic heterocycles. The predicted molar refractivity (Wildman–Crippen MR) is 81.4 cm³/mol. The zero-order valence-electron chi connectivity index (χ0n) is 12.5. The quantitative estimate of drug-likeness (QED) is 0.758. The van der Waals surface area contributed by atoms with Crippen molar-refractivity contribution in [2.24, 2.45) is 0 Å². The van der Waals surface area contributed by atoms with Crippen LogP contribution in [0.3, 0.4) is 0 Å². The molecule has 0 aliphatic carbocycles. The molecule has 0 amide bonds. The molecule has 0 saturated heterocycles. The second-order valence-electron chi connectivity index (χ2n) is 4.84. The number of hydrogen-bond acceptors (Lipinski definition) is 5. The van der Waals surface area contributed by atoms with Gasteiger partial charge < -0.3 is 4.74 Å². The number of hydrogen-bond donors (Lipinski definition) is 0. The van der Waals surface area contributed by atoms with E-state index >= 15 is 0 Å². The predicted octanol–water partition coefficient (Wildman–Crippen LogP) is 1.84. The van der Waals surface area contributed by atoms with E-state index in [9.17, 15) is 13.2 Å². The molecule has 0 bridgehead atoms. The van der Waals surface area contributed by atoms with Gasteiger partial charge in [0.2, 0.25) is 0 Å². The van der Waals surface area contributed by atoms with Gasteiger partial charge in [0.1, 0.15) is 0 Å². The monoisotopic (exact) mass is 322 g/mol. The highest BCUT2D eigenvalue weighted by molar-refractivity contribution is 7.91. The highest BCUT2D eigenvalue weighted by Crippen LogP contribution is 2.12. The third-order valence-corrected chi connectivity index (χ3v) is 4.82. The molecule has 22 heavy (non-hydrogen) atoms. The Morgan fingerprint density at radius 2 is 1.95 bits per heavy atom. The number of rotatable bonds is 6. The lowest BCUT2D eigenvalue weighted by molar-refractivity contribution is 0.0526. The minimum Gasteiger partial charge on any atom is -0.462 e. The number of carbonyl (C=O) groups is 1. The van der Waals surface area contributed by atoms with Gasteiger partial charge in [-0.1, -0.05) is 17.7 Å². The summed E-state index contributed by atoms with van der Waals surface area (Å²) in [5.41, 5.74) is 1.32. The van der Waals surface area contributed by atoms with Gasteiger partial charge in [-0.3, -0.25) is 4.68 Å². The Balaban J connectivity index is 2.03. The van der Waals surface area contributed by atoms with Gasteiger partial charge in [-0.05, 0) is 26.0 Å². The van der Waals surface area contributed by atoms with Crippen LogP contribution in [0.25, 0.3) is 0 Å². The Morgan fingerprint density at radius 1 is 1.27 bits per heavy atom. The summed E-state index contributed by atoms with van der Waals surface area (Å²) >= 11 is 0. The molecule has 0 fully saturated rings. The van der Waals surface area contributed by atoms with E-state index in [1.165, 1.54) is 17.1 Å². The van der Waals surface area contributed by atoms with Gasteiger partial charge in [-0.25, -0.2) is 13.2 Å². The van der Waals surface area contributed by atoms with Crippen molar-refractivity contribution in [3.63, 3.8) is 0 Å². The van der Waals surface area contributed by atoms with Gasteiger partial charge in [0.25, 0.3) is 0 Å². The van der Waals surface area contributed by atoms with E-state index in [0.717, 1.165) is 5.56 Å². The summed E-state index contributed by atoms with van der Waals surface area (Å²) < 4.78 is 30.7. The molecule has 118 valence electrons. The highest BCUT2D eigenvalue weighted by Gasteiger charge is 2.15. The van der Waals surface area contributed by atoms with Crippen molar-refractivity contribution in [3.05, 3.63) is 47.8 Å². The SMILES string of the molecule is CCOC(=O)c1cnn(CCS(=O)(=O)c2ccc(C)cc2)c1. The molecule has 2 aromatic rings. The topological polar surface area (TPSA) is 78.3 Å². The molecule has 0 N–H and O–H groups in total. The number of nitrogens with zero attached hydrogens (tertiary/aromatic N) is 2. The summed E-state index contributed by atoms with van der Waals surface area (Å²) in [4.78, 5) is 11.8. The smallest absolute Gasteiger partial charge is 0.341 e. The largest absolute Gasteiger partial charge is 0.462 e. The molecule has 0 saturated carbocycles. The van der Waals surface area contributed by atoms with E-state index in [4.69, 9.17) is 4.74 Å². The molecule has 0 radical (unpaired) electrons. The highest BCUT2D eigenvalue weighted by atomic mass is 32.2. The van der Waals surface area contributed by atoms with Gasteiger partial charge in [0, 0.05) is 6.20 Å². The molecule has 0 aliphatic rings. The first kappa shape index (κ1) is 16.2. The van der Waals surface area contributed by atoms with Crippen molar-refractivity contribution in [1.29, 1.82) is 0 Å². The molecular formula is C15H18N2O4S. The van der Waals surface area contributed by atoms with Gasteiger partial charge in [-0.15, -0.1) is 0 Å². The Bertz CT molecular complexity index is 748. The third-order valence-electron chi connectivity index (χ3n) is 3.11. The summed E-state index contributed by atoms with van der Waals surface area (Å²) in [6.07, 6.45) is 2.86. The van der Waals surface area contributed by atoms with Crippen LogP contribution in [0, 0.1) is 6.92 Å². The van der Waals surface area contributed by atoms with Crippen molar-refractivity contribution < 1.29 is 17.9 Å². The van der Waals surface area contributed by atoms with E-state index in [1.54, 1.807) is 31.2 Å². The molecule has 2 rings (SSSR count). The maximum atomic E-state index is 12.2. The van der Waals surface area contributed by atoms with Crippen molar-refractivity contribution >= 4 is 15.8 Å². The fourth-order valence-corrected chi connectivity index (χ4v) is 3.10. The Morgan fingerprint density at radius 3 is 2.59 bits per heavy atom. The van der Waals surface area contributed by atoms with Crippen LogP contribution in [0.2, 0.25) is 0 Å². The lowest BCUT2D eigenvalue weighted by Gasteiger charge is -2.05. The summed E-state index contributed by atoms with van der Waals surface area (Å²) in [6.45, 7) is 4.08. The normalized spacial score (nSPS) is 11.4. The molecule has 1 aromatic heterocycles. The Labute approximate surface area is 129 Å². The second-order valence-corrected chi connectivity index (χ2v) is 6.95. The van der Waals surface area contributed by atoms with Crippen LogP contribution >= 0.6 is 0 Å². The molecular weight excluding hydrogens is 304 g/mol. The summed E-state index contributed by atoms with van der Waals surface area (Å²) in [7, 11) is -3.37. The summed E-state index contributed by atoms with van der Waals surface area (Å²) in [5.74, 6) is -0.546. The van der Waals surface area contributed by atoms with Crippen molar-refractivity contribution in [3.8, 4) is 0 Å². The number of carbonyl (C=O) groups excluding carboxylic acids is 1. The molecule has 0 unspecified atom stereocenters. The van der Waals surface area contributed by atoms with Gasteiger partial charge in [0.05, 0.1) is 35.6 Å². The lowest BCUT2D eigenvalue weighted by Crippen LogP contribution is -2.13. The number of benzene rings is 1. The van der Waals surface area contributed by atoms with Crippen LogP contribution in [0.5, 0.6) is 0 Å². The van der Waals surface area contributed by atoms with E-state index in [-0.39, 0.29) is 23.8 Å². The molecule has 1 aromatic carbocycles. The zero-order valence-corrected chi connectivity index (χ0v) is 13.3. The number of ether oxygens (including phenoxy) is 1. The van der Waals surface area contributed by atoms with Crippen LogP contribution in [0.4, 0.5) is 0 Å². The van der Waals surface area contributed by atoms with Crippen LogP contribution in [-0.2, 0) is 21.1 Å². The van der Waals surface area contributed by atoms with Crippen LogP contribution in [0.15, 0.2) is 41.6 Å². The number of sulfone groups is 1. The molecule has 0 spiro atoms. The van der Waals surface area contributed by atoms with E-state index in [2.05, 4.69) is 5.10 Å². The van der Waals surface area contributed by atoms with Crippen molar-refractivity contribution in [2.75, 3.05) is 12.4 Å². The van der Waals surface area contributed by atoms with Gasteiger partial charge in [0.15, 0.2) is 9.84 Å². The first-order chi connectivity index (χ1) is 10.4. The molecule has 0 atom stereocenters. The van der Waals surface area contributed by atoms with Gasteiger partial charge >= 0.3 is 5.97 Å². The zero-order chi connectivity index (χ0) is 16.2. The molecule has 1 heterocycles. The fraction of sp³-hybridized carbons (Fsp3) is 0.333. The van der Waals surface area contributed by atoms with E-state index in [1.807, 2.05) is 6.92 Å². The summed E-state index contributed by atoms with van der Waals surface area (Å²) in [6, 6.07) is 6.72. The maximum absolute atomic E-state index is 12.2. The average Bonchev–Trinajstić information content (AvgIpc) is 2.95. The van der Waals surface area contributed by atoms with Crippen LogP contribution in [-0.4, -0.2) is 36.5 Å². The second kappa shape index (κ2) is 6.74. The first-order valence-corrected chi connectivity index (χ1v) is 8.56. The lowest BCUT2D eigenvalue weighted by atomic mass is 10.2. The third kappa shape index (κ3) is 3.94. The van der Waals surface area contributed by atoms with Crippen LogP contribution in [0.1, 0.15) is 22.8 Å². The maximum Gasteiger partial charge on any atom is 0.341 e. The number of aromatic nitrogens is 2. The molecule has 7 heteroatoms. The van der Waals surface area contributed by atoms with Gasteiger partial charge in [-0.2, -0.15) is 5.10 Å². The summed E-state index contributed by atoms with van der Waals surface area (Å²) in [5, 5.41) is 3.98. The standard InChI is InChI=1S/C15H18N2O4S/c1-3-21-15(18)13-10-16-17(11-13)8-9-22(19,20)14-6-4-12(2)5-7-14/h4-7,10-11H,3,8-9H2,1-2H3. The molecule has 6 nitrogen and oxygen atoms in total. The minimum atomic E-state index is -3.37. The number of esters is 1. The number of aryl methyl sites for hydroxylation is 2.